The van der Waals surface area contributed by atoms with Crippen LogP contribution in [-0.2, 0) is 9.53 Å². The molecule has 2 N–H and O–H groups in total. The molecule has 20 heavy (non-hydrogen) atoms. The molecule has 1 aromatic rings. The van der Waals surface area contributed by atoms with Gasteiger partial charge in [-0.05, 0) is 12.5 Å². The van der Waals surface area contributed by atoms with E-state index in [1.807, 2.05) is 0 Å². The largest absolute Gasteiger partial charge is 0.381 e. The van der Waals surface area contributed by atoms with Gasteiger partial charge >= 0.3 is 0 Å². The number of non-ortho nitro benzene ring substituents is 1. The third-order valence-electron chi connectivity index (χ3n) is 2.92. The van der Waals surface area contributed by atoms with Gasteiger partial charge in [-0.1, -0.05) is 6.07 Å². The minimum absolute atomic E-state index is 0.0992. The molecule has 1 saturated heterocycles. The molecule has 0 radical (unpaired) electrons. The quantitative estimate of drug-likeness (QED) is 0.614. The van der Waals surface area contributed by atoms with Crippen molar-refractivity contribution in [3.8, 4) is 0 Å². The van der Waals surface area contributed by atoms with E-state index in [0.29, 0.717) is 19.6 Å². The molecule has 1 aliphatic rings. The monoisotopic (exact) mass is 279 g/mol. The molecule has 106 valence electrons. The molecule has 2 rings (SSSR count). The summed E-state index contributed by atoms with van der Waals surface area (Å²) < 4.78 is 5.06. The molecule has 1 aromatic carbocycles. The Bertz CT molecular complexity index is 540. The van der Waals surface area contributed by atoms with Crippen molar-refractivity contribution in [2.24, 2.45) is 5.92 Å². The van der Waals surface area contributed by atoms with E-state index in [1.54, 1.807) is 0 Å². The van der Waals surface area contributed by atoms with E-state index in [4.69, 9.17) is 4.74 Å². The minimum atomic E-state index is -0.610. The lowest BCUT2D eigenvalue weighted by molar-refractivity contribution is -0.384. The smallest absolute Gasteiger partial charge is 0.270 e. The van der Waals surface area contributed by atoms with Crippen molar-refractivity contribution in [1.82, 2.24) is 10.9 Å². The van der Waals surface area contributed by atoms with Gasteiger partial charge in [0, 0.05) is 24.3 Å². The number of carbonyl (C=O) groups is 2. The Kier molecular flexibility index (Phi) is 4.26. The lowest BCUT2D eigenvalue weighted by Gasteiger charge is -2.10. The van der Waals surface area contributed by atoms with Crippen molar-refractivity contribution in [3.05, 3.63) is 39.9 Å². The van der Waals surface area contributed by atoms with Crippen LogP contribution in [0.25, 0.3) is 0 Å². The maximum absolute atomic E-state index is 11.8. The Morgan fingerprint density at radius 2 is 2.15 bits per heavy atom. The van der Waals surface area contributed by atoms with Gasteiger partial charge in [0.25, 0.3) is 11.6 Å². The van der Waals surface area contributed by atoms with Crippen molar-refractivity contribution in [3.63, 3.8) is 0 Å². The Hall–Kier alpha value is -2.48. The molecule has 0 spiro atoms. The molecule has 2 amide bonds. The van der Waals surface area contributed by atoms with Gasteiger partial charge in [-0.2, -0.15) is 0 Å². The first-order valence-electron chi connectivity index (χ1n) is 6.00. The molecular weight excluding hydrogens is 266 g/mol. The number of nitrogens with zero attached hydrogens (tertiary/aromatic N) is 1. The molecule has 1 aliphatic heterocycles. The van der Waals surface area contributed by atoms with E-state index in [2.05, 4.69) is 10.9 Å². The summed E-state index contributed by atoms with van der Waals surface area (Å²) in [5.41, 5.74) is 4.42. The van der Waals surface area contributed by atoms with Crippen LogP contribution in [0.4, 0.5) is 5.69 Å². The van der Waals surface area contributed by atoms with E-state index in [9.17, 15) is 19.7 Å². The summed E-state index contributed by atoms with van der Waals surface area (Å²) in [6.07, 6.45) is 0.610. The zero-order valence-electron chi connectivity index (χ0n) is 10.5. The molecule has 8 heteroatoms. The van der Waals surface area contributed by atoms with Crippen LogP contribution in [0.15, 0.2) is 24.3 Å². The molecule has 8 nitrogen and oxygen atoms in total. The first kappa shape index (κ1) is 13.9. The number of hydrazine groups is 1. The highest BCUT2D eigenvalue weighted by molar-refractivity contribution is 5.96. The van der Waals surface area contributed by atoms with Crippen LogP contribution in [0.5, 0.6) is 0 Å². The van der Waals surface area contributed by atoms with Gasteiger partial charge in [0.2, 0.25) is 5.91 Å². The predicted octanol–water partition coefficient (Wildman–Crippen LogP) is 0.392. The van der Waals surface area contributed by atoms with Gasteiger partial charge in [0.05, 0.1) is 17.4 Å². The number of nitro groups is 1. The third kappa shape index (κ3) is 3.29. The normalized spacial score (nSPS) is 17.5. The van der Waals surface area contributed by atoms with Crippen molar-refractivity contribution in [1.29, 1.82) is 0 Å². The number of rotatable bonds is 3. The van der Waals surface area contributed by atoms with Crippen LogP contribution >= 0.6 is 0 Å². The molecule has 0 unspecified atom stereocenters. The Morgan fingerprint density at radius 1 is 1.35 bits per heavy atom. The maximum Gasteiger partial charge on any atom is 0.270 e. The standard InChI is InChI=1S/C12H13N3O5/c16-11(8-2-1-3-10(6-8)15(18)19)13-14-12(17)9-4-5-20-7-9/h1-3,6,9H,4-5,7H2,(H,13,16)(H,14,17)/t9-/m0/s1. The van der Waals surface area contributed by atoms with Gasteiger partial charge in [0.1, 0.15) is 0 Å². The highest BCUT2D eigenvalue weighted by Crippen LogP contribution is 2.13. The van der Waals surface area contributed by atoms with Crippen LogP contribution in [0.2, 0.25) is 0 Å². The zero-order valence-corrected chi connectivity index (χ0v) is 10.5. The average Bonchev–Trinajstić information content (AvgIpc) is 2.98. The number of amides is 2. The summed E-state index contributed by atoms with van der Waals surface area (Å²) in [7, 11) is 0. The SMILES string of the molecule is O=C(NNC(=O)[C@H]1CCOC1)c1cccc([N+](=O)[O-])c1. The number of hydrogen-bond donors (Lipinski definition) is 2. The van der Waals surface area contributed by atoms with Gasteiger partial charge < -0.3 is 4.74 Å². The van der Waals surface area contributed by atoms with Gasteiger partial charge in [-0.3, -0.25) is 30.6 Å². The van der Waals surface area contributed by atoms with E-state index in [1.165, 1.54) is 18.2 Å². The van der Waals surface area contributed by atoms with Crippen LogP contribution in [-0.4, -0.2) is 30.0 Å². The van der Waals surface area contributed by atoms with E-state index < -0.39 is 10.8 Å². The Balaban J connectivity index is 1.92. The van der Waals surface area contributed by atoms with Crippen molar-refractivity contribution in [2.75, 3.05) is 13.2 Å². The lowest BCUT2D eigenvalue weighted by atomic mass is 10.1. The second-order valence-corrected chi connectivity index (χ2v) is 4.31. The number of benzene rings is 1. The van der Waals surface area contributed by atoms with Crippen LogP contribution < -0.4 is 10.9 Å². The molecule has 0 aliphatic carbocycles. The maximum atomic E-state index is 11.8. The summed E-state index contributed by atoms with van der Waals surface area (Å²) >= 11 is 0. The van der Waals surface area contributed by atoms with Gasteiger partial charge in [-0.25, -0.2) is 0 Å². The van der Waals surface area contributed by atoms with Crippen molar-refractivity contribution in [2.45, 2.75) is 6.42 Å². The second-order valence-electron chi connectivity index (χ2n) is 4.31. The number of carbonyl (C=O) groups excluding carboxylic acids is 2. The molecule has 1 atom stereocenters. The average molecular weight is 279 g/mol. The third-order valence-corrected chi connectivity index (χ3v) is 2.92. The molecule has 0 saturated carbocycles. The van der Waals surface area contributed by atoms with Crippen molar-refractivity contribution >= 4 is 17.5 Å². The topological polar surface area (TPSA) is 111 Å². The van der Waals surface area contributed by atoms with Crippen LogP contribution in [0, 0.1) is 16.0 Å². The second kappa shape index (κ2) is 6.11. The summed E-state index contributed by atoms with van der Waals surface area (Å²) in [6, 6.07) is 5.25. The Morgan fingerprint density at radius 3 is 2.80 bits per heavy atom. The summed E-state index contributed by atoms with van der Waals surface area (Å²) in [6.45, 7) is 0.857. The lowest BCUT2D eigenvalue weighted by Crippen LogP contribution is -2.44. The molecule has 0 bridgehead atoms. The summed E-state index contributed by atoms with van der Waals surface area (Å²) in [5, 5.41) is 10.6. The first-order chi connectivity index (χ1) is 9.58. The fourth-order valence-corrected chi connectivity index (χ4v) is 1.79. The van der Waals surface area contributed by atoms with E-state index >= 15 is 0 Å². The first-order valence-corrected chi connectivity index (χ1v) is 6.00. The van der Waals surface area contributed by atoms with Crippen molar-refractivity contribution < 1.29 is 19.2 Å². The minimum Gasteiger partial charge on any atom is -0.381 e. The highest BCUT2D eigenvalue weighted by atomic mass is 16.6. The zero-order chi connectivity index (χ0) is 14.5. The molecule has 1 fully saturated rings. The number of hydrogen-bond acceptors (Lipinski definition) is 5. The van der Waals surface area contributed by atoms with Gasteiger partial charge in [-0.15, -0.1) is 0 Å². The molecule has 0 aromatic heterocycles. The van der Waals surface area contributed by atoms with Crippen LogP contribution in [0.3, 0.4) is 0 Å². The highest BCUT2D eigenvalue weighted by Gasteiger charge is 2.23. The Labute approximate surface area is 114 Å². The predicted molar refractivity (Wildman–Crippen MR) is 67.6 cm³/mol. The number of nitro benzene ring substituents is 1. The molecular formula is C12H13N3O5. The van der Waals surface area contributed by atoms with E-state index in [-0.39, 0.29) is 23.1 Å². The fraction of sp³-hybridized carbons (Fsp3) is 0.333. The summed E-state index contributed by atoms with van der Waals surface area (Å²) in [4.78, 5) is 33.4. The van der Waals surface area contributed by atoms with E-state index in [0.717, 1.165) is 6.07 Å². The number of nitrogens with one attached hydrogen (secondary N) is 2. The fourth-order valence-electron chi connectivity index (χ4n) is 1.79. The molecule has 1 heterocycles. The summed E-state index contributed by atoms with van der Waals surface area (Å²) in [5.74, 6) is -1.22. The van der Waals surface area contributed by atoms with Gasteiger partial charge in [0.15, 0.2) is 0 Å². The van der Waals surface area contributed by atoms with Crippen LogP contribution in [0.1, 0.15) is 16.8 Å². The number of ether oxygens (including phenoxy) is 1.